The van der Waals surface area contributed by atoms with Gasteiger partial charge in [0.1, 0.15) is 5.75 Å². The molecule has 2 aromatic carbocycles. The Morgan fingerprint density at radius 2 is 1.57 bits per heavy atom. The number of carbonyl (C=O) groups excluding carboxylic acids is 2. The Labute approximate surface area is 180 Å². The summed E-state index contributed by atoms with van der Waals surface area (Å²) in [6, 6.07) is 14.7. The molecule has 0 radical (unpaired) electrons. The zero-order valence-corrected chi connectivity index (χ0v) is 19.2. The number of aryl methyl sites for hydroxylation is 1. The van der Waals surface area contributed by atoms with E-state index in [1.54, 1.807) is 30.3 Å². The highest BCUT2D eigenvalue weighted by Crippen LogP contribution is 2.43. The van der Waals surface area contributed by atoms with E-state index in [9.17, 15) is 9.59 Å². The second-order valence-electron chi connectivity index (χ2n) is 10.2. The molecule has 2 aromatic rings. The number of carbonyl (C=O) groups is 2. The monoisotopic (exact) mass is 410 g/mol. The highest BCUT2D eigenvalue weighted by Gasteiger charge is 2.30. The van der Waals surface area contributed by atoms with E-state index < -0.39 is 18.5 Å². The molecule has 1 unspecified atom stereocenters. The minimum absolute atomic E-state index is 0.121. The highest BCUT2D eigenvalue weighted by atomic mass is 16.6. The summed E-state index contributed by atoms with van der Waals surface area (Å²) in [7, 11) is 0. The van der Waals surface area contributed by atoms with Gasteiger partial charge in [-0.05, 0) is 59.9 Å². The van der Waals surface area contributed by atoms with Crippen LogP contribution in [0.3, 0.4) is 0 Å². The minimum Gasteiger partial charge on any atom is -0.450 e. The van der Waals surface area contributed by atoms with Gasteiger partial charge in [0, 0.05) is 0 Å². The van der Waals surface area contributed by atoms with Gasteiger partial charge in [-0.15, -0.1) is 0 Å². The lowest BCUT2D eigenvalue weighted by molar-refractivity contribution is -0.137. The SMILES string of the molecule is Cc1cccc(C(=O)OCC(=O)Oc2ccc(C(CC(C)(C)C)C(C)(C)C)cc2)c1. The van der Waals surface area contributed by atoms with Gasteiger partial charge in [-0.3, -0.25) is 0 Å². The number of esters is 2. The van der Waals surface area contributed by atoms with Gasteiger partial charge in [-0.1, -0.05) is 71.4 Å². The van der Waals surface area contributed by atoms with Crippen LogP contribution in [0.2, 0.25) is 0 Å². The molecule has 1 atom stereocenters. The van der Waals surface area contributed by atoms with Gasteiger partial charge < -0.3 is 9.47 Å². The summed E-state index contributed by atoms with van der Waals surface area (Å²) in [5.74, 6) is -0.316. The number of hydrogen-bond acceptors (Lipinski definition) is 4. The van der Waals surface area contributed by atoms with Gasteiger partial charge in [0.15, 0.2) is 6.61 Å². The van der Waals surface area contributed by atoms with Crippen molar-refractivity contribution in [3.8, 4) is 5.75 Å². The van der Waals surface area contributed by atoms with Gasteiger partial charge in [0.2, 0.25) is 0 Å². The zero-order chi connectivity index (χ0) is 22.5. The van der Waals surface area contributed by atoms with Gasteiger partial charge in [0.05, 0.1) is 5.56 Å². The fraction of sp³-hybridized carbons (Fsp3) is 0.462. The average molecular weight is 411 g/mol. The zero-order valence-electron chi connectivity index (χ0n) is 19.2. The maximum atomic E-state index is 12.1. The van der Waals surface area contributed by atoms with Crippen LogP contribution in [0.25, 0.3) is 0 Å². The summed E-state index contributed by atoms with van der Waals surface area (Å²) >= 11 is 0. The molecule has 0 N–H and O–H groups in total. The van der Waals surface area contributed by atoms with Crippen molar-refractivity contribution >= 4 is 11.9 Å². The van der Waals surface area contributed by atoms with E-state index in [-0.39, 0.29) is 10.8 Å². The van der Waals surface area contributed by atoms with Crippen LogP contribution in [0, 0.1) is 17.8 Å². The Morgan fingerprint density at radius 3 is 2.10 bits per heavy atom. The fourth-order valence-corrected chi connectivity index (χ4v) is 3.45. The predicted molar refractivity (Wildman–Crippen MR) is 120 cm³/mol. The molecule has 4 nitrogen and oxygen atoms in total. The standard InChI is InChI=1S/C26H34O4/c1-18-9-8-10-20(15-18)24(28)29-17-23(27)30-21-13-11-19(12-14-21)22(26(5,6)7)16-25(2,3)4/h8-15,22H,16-17H2,1-7H3. The first-order chi connectivity index (χ1) is 13.8. The third-order valence-electron chi connectivity index (χ3n) is 4.95. The number of benzene rings is 2. The normalized spacial score (nSPS) is 12.9. The molecule has 0 fully saturated rings. The molecule has 0 aliphatic carbocycles. The van der Waals surface area contributed by atoms with E-state index in [1.807, 2.05) is 25.1 Å². The molecule has 30 heavy (non-hydrogen) atoms. The molecular formula is C26H34O4. The lowest BCUT2D eigenvalue weighted by atomic mass is 9.69. The van der Waals surface area contributed by atoms with E-state index in [0.717, 1.165) is 12.0 Å². The van der Waals surface area contributed by atoms with E-state index >= 15 is 0 Å². The molecule has 0 bridgehead atoms. The Hall–Kier alpha value is -2.62. The summed E-state index contributed by atoms with van der Waals surface area (Å²) in [5, 5.41) is 0. The lowest BCUT2D eigenvalue weighted by Crippen LogP contribution is -2.24. The Kier molecular flexibility index (Phi) is 7.46. The molecule has 0 spiro atoms. The van der Waals surface area contributed by atoms with Gasteiger partial charge >= 0.3 is 11.9 Å². The summed E-state index contributed by atoms with van der Waals surface area (Å²) in [5.41, 5.74) is 2.93. The van der Waals surface area contributed by atoms with Crippen LogP contribution in [-0.4, -0.2) is 18.5 Å². The molecule has 0 amide bonds. The third-order valence-corrected chi connectivity index (χ3v) is 4.95. The first kappa shape index (κ1) is 23.7. The number of rotatable bonds is 6. The van der Waals surface area contributed by atoms with Gasteiger partial charge in [0.25, 0.3) is 0 Å². The number of ether oxygens (including phenoxy) is 2. The molecule has 4 heteroatoms. The first-order valence-electron chi connectivity index (χ1n) is 10.4. The van der Waals surface area contributed by atoms with Crippen LogP contribution in [0.15, 0.2) is 48.5 Å². The van der Waals surface area contributed by atoms with E-state index in [1.165, 1.54) is 5.56 Å². The molecular weight excluding hydrogens is 376 g/mol. The van der Waals surface area contributed by atoms with Crippen LogP contribution in [0.1, 0.15) is 75.4 Å². The summed E-state index contributed by atoms with van der Waals surface area (Å²) < 4.78 is 10.4. The Balaban J connectivity index is 1.97. The Morgan fingerprint density at radius 1 is 0.933 bits per heavy atom. The summed E-state index contributed by atoms with van der Waals surface area (Å²) in [6.07, 6.45) is 1.06. The van der Waals surface area contributed by atoms with Crippen LogP contribution in [-0.2, 0) is 9.53 Å². The fourth-order valence-electron chi connectivity index (χ4n) is 3.45. The van der Waals surface area contributed by atoms with Crippen molar-refractivity contribution in [2.75, 3.05) is 6.61 Å². The van der Waals surface area contributed by atoms with Crippen molar-refractivity contribution in [3.05, 3.63) is 65.2 Å². The molecule has 2 rings (SSSR count). The van der Waals surface area contributed by atoms with Crippen molar-refractivity contribution < 1.29 is 19.1 Å². The highest BCUT2D eigenvalue weighted by molar-refractivity contribution is 5.91. The lowest BCUT2D eigenvalue weighted by Gasteiger charge is -2.36. The molecule has 0 saturated carbocycles. The van der Waals surface area contributed by atoms with E-state index in [4.69, 9.17) is 9.47 Å². The number of hydrogen-bond donors (Lipinski definition) is 0. The summed E-state index contributed by atoms with van der Waals surface area (Å²) in [4.78, 5) is 24.1. The second-order valence-corrected chi connectivity index (χ2v) is 10.2. The maximum absolute atomic E-state index is 12.1. The van der Waals surface area contributed by atoms with Gasteiger partial charge in [-0.25, -0.2) is 9.59 Å². The molecule has 162 valence electrons. The molecule has 0 aromatic heterocycles. The van der Waals surface area contributed by atoms with Crippen molar-refractivity contribution in [1.29, 1.82) is 0 Å². The predicted octanol–water partition coefficient (Wildman–Crippen LogP) is 6.32. The van der Waals surface area contributed by atoms with E-state index in [0.29, 0.717) is 17.2 Å². The summed E-state index contributed by atoms with van der Waals surface area (Å²) in [6.45, 7) is 15.0. The van der Waals surface area contributed by atoms with Crippen LogP contribution < -0.4 is 4.74 Å². The first-order valence-corrected chi connectivity index (χ1v) is 10.4. The smallest absolute Gasteiger partial charge is 0.349 e. The van der Waals surface area contributed by atoms with Crippen LogP contribution >= 0.6 is 0 Å². The third kappa shape index (κ3) is 7.33. The molecule has 0 heterocycles. The van der Waals surface area contributed by atoms with Crippen molar-refractivity contribution in [2.45, 2.75) is 60.8 Å². The largest absolute Gasteiger partial charge is 0.450 e. The van der Waals surface area contributed by atoms with Crippen molar-refractivity contribution in [3.63, 3.8) is 0 Å². The van der Waals surface area contributed by atoms with Crippen LogP contribution in [0.4, 0.5) is 0 Å². The van der Waals surface area contributed by atoms with Crippen molar-refractivity contribution in [2.24, 2.45) is 10.8 Å². The van der Waals surface area contributed by atoms with Crippen LogP contribution in [0.5, 0.6) is 5.75 Å². The molecule has 0 saturated heterocycles. The minimum atomic E-state index is -0.606. The topological polar surface area (TPSA) is 52.6 Å². The molecule has 0 aliphatic rings. The quantitative estimate of drug-likeness (QED) is 0.413. The molecule has 0 aliphatic heterocycles. The average Bonchev–Trinajstić information content (AvgIpc) is 2.63. The Bertz CT molecular complexity index is 867. The van der Waals surface area contributed by atoms with Gasteiger partial charge in [-0.2, -0.15) is 0 Å². The maximum Gasteiger partial charge on any atom is 0.349 e. The van der Waals surface area contributed by atoms with Crippen molar-refractivity contribution in [1.82, 2.24) is 0 Å². The van der Waals surface area contributed by atoms with E-state index in [2.05, 4.69) is 41.5 Å². The second kappa shape index (κ2) is 9.46.